The van der Waals surface area contributed by atoms with E-state index < -0.39 is 0 Å². The van der Waals surface area contributed by atoms with E-state index in [0.29, 0.717) is 10.8 Å². The minimum absolute atomic E-state index is 0.0128. The molecule has 1 atom stereocenters. The van der Waals surface area contributed by atoms with E-state index in [1.54, 1.807) is 16.8 Å². The van der Waals surface area contributed by atoms with Crippen molar-refractivity contribution in [3.8, 4) is 0 Å². The highest BCUT2D eigenvalue weighted by Crippen LogP contribution is 2.39. The SMILES string of the molecule is CCNN1C(=O)CSC1c1ccccc1Cl. The number of thioether (sulfide) groups is 1. The van der Waals surface area contributed by atoms with E-state index in [4.69, 9.17) is 11.6 Å². The van der Waals surface area contributed by atoms with E-state index >= 15 is 0 Å². The van der Waals surface area contributed by atoms with E-state index in [1.165, 1.54) is 0 Å². The van der Waals surface area contributed by atoms with Crippen molar-refractivity contribution in [3.05, 3.63) is 34.9 Å². The molecular weight excluding hydrogens is 244 g/mol. The molecule has 0 aromatic heterocycles. The smallest absolute Gasteiger partial charge is 0.248 e. The summed E-state index contributed by atoms with van der Waals surface area (Å²) in [7, 11) is 0. The van der Waals surface area contributed by atoms with Crippen molar-refractivity contribution < 1.29 is 4.79 Å². The summed E-state index contributed by atoms with van der Waals surface area (Å²) in [6.45, 7) is 2.70. The highest BCUT2D eigenvalue weighted by Gasteiger charge is 2.33. The van der Waals surface area contributed by atoms with Gasteiger partial charge in [-0.25, -0.2) is 5.43 Å². The Kier molecular flexibility index (Phi) is 3.74. The Morgan fingerprint density at radius 3 is 3.00 bits per heavy atom. The summed E-state index contributed by atoms with van der Waals surface area (Å²) < 4.78 is 0. The van der Waals surface area contributed by atoms with Gasteiger partial charge in [0, 0.05) is 17.1 Å². The van der Waals surface area contributed by atoms with Gasteiger partial charge in [0.25, 0.3) is 0 Å². The lowest BCUT2D eigenvalue weighted by atomic mass is 10.2. The van der Waals surface area contributed by atoms with Gasteiger partial charge in [0.15, 0.2) is 0 Å². The number of hydrogen-bond acceptors (Lipinski definition) is 3. The number of nitrogens with one attached hydrogen (secondary N) is 1. The molecule has 1 aliphatic heterocycles. The maximum absolute atomic E-state index is 11.7. The molecule has 1 heterocycles. The van der Waals surface area contributed by atoms with Gasteiger partial charge in [0.1, 0.15) is 5.37 Å². The molecule has 1 unspecified atom stereocenters. The van der Waals surface area contributed by atoms with Gasteiger partial charge in [-0.2, -0.15) is 0 Å². The predicted molar refractivity (Wildman–Crippen MR) is 67.2 cm³/mol. The van der Waals surface area contributed by atoms with E-state index in [1.807, 2.05) is 31.2 Å². The number of rotatable bonds is 3. The average molecular weight is 257 g/mol. The van der Waals surface area contributed by atoms with Crippen LogP contribution in [0.2, 0.25) is 5.02 Å². The van der Waals surface area contributed by atoms with Crippen LogP contribution in [-0.4, -0.2) is 23.2 Å². The molecule has 0 saturated carbocycles. The Bertz CT molecular complexity index is 399. The number of carbonyl (C=O) groups excluding carboxylic acids is 1. The van der Waals surface area contributed by atoms with Crippen LogP contribution in [0.3, 0.4) is 0 Å². The molecule has 0 spiro atoms. The van der Waals surface area contributed by atoms with Crippen LogP contribution in [0.5, 0.6) is 0 Å². The van der Waals surface area contributed by atoms with Crippen LogP contribution in [0.25, 0.3) is 0 Å². The van der Waals surface area contributed by atoms with Crippen molar-refractivity contribution in [1.82, 2.24) is 10.4 Å². The minimum atomic E-state index is -0.0128. The zero-order valence-electron chi connectivity index (χ0n) is 8.94. The molecule has 16 heavy (non-hydrogen) atoms. The van der Waals surface area contributed by atoms with Crippen LogP contribution in [0, 0.1) is 0 Å². The first kappa shape index (κ1) is 11.8. The fourth-order valence-corrected chi connectivity index (χ4v) is 3.14. The summed E-state index contributed by atoms with van der Waals surface area (Å²) in [5.74, 6) is 0.611. The van der Waals surface area contributed by atoms with Gasteiger partial charge in [-0.05, 0) is 6.07 Å². The van der Waals surface area contributed by atoms with E-state index in [0.717, 1.165) is 12.1 Å². The minimum Gasteiger partial charge on any atom is -0.272 e. The fourth-order valence-electron chi connectivity index (χ4n) is 1.67. The molecule has 0 aliphatic carbocycles. The third-order valence-electron chi connectivity index (χ3n) is 2.37. The molecule has 1 amide bonds. The zero-order chi connectivity index (χ0) is 11.5. The second kappa shape index (κ2) is 5.08. The van der Waals surface area contributed by atoms with Gasteiger partial charge in [-0.1, -0.05) is 36.7 Å². The maximum atomic E-state index is 11.7. The molecule has 86 valence electrons. The van der Waals surface area contributed by atoms with E-state index in [9.17, 15) is 4.79 Å². The molecule has 5 heteroatoms. The van der Waals surface area contributed by atoms with Crippen LogP contribution < -0.4 is 5.43 Å². The van der Waals surface area contributed by atoms with Crippen molar-refractivity contribution in [2.45, 2.75) is 12.3 Å². The Morgan fingerprint density at radius 2 is 2.31 bits per heavy atom. The number of hydrazine groups is 1. The fraction of sp³-hybridized carbons (Fsp3) is 0.364. The lowest BCUT2D eigenvalue weighted by Gasteiger charge is -2.24. The molecule has 1 aromatic rings. The van der Waals surface area contributed by atoms with Gasteiger partial charge >= 0.3 is 0 Å². The van der Waals surface area contributed by atoms with E-state index in [-0.39, 0.29) is 11.3 Å². The summed E-state index contributed by atoms with van der Waals surface area (Å²) in [4.78, 5) is 11.7. The largest absolute Gasteiger partial charge is 0.272 e. The summed E-state index contributed by atoms with van der Waals surface area (Å²) in [6, 6.07) is 7.65. The van der Waals surface area contributed by atoms with Crippen LogP contribution in [-0.2, 0) is 4.79 Å². The number of hydrogen-bond donors (Lipinski definition) is 1. The van der Waals surface area contributed by atoms with Crippen LogP contribution in [0.4, 0.5) is 0 Å². The predicted octanol–water partition coefficient (Wildman–Crippen LogP) is 2.44. The first-order chi connectivity index (χ1) is 7.74. The van der Waals surface area contributed by atoms with Crippen LogP contribution in [0.15, 0.2) is 24.3 Å². The summed E-state index contributed by atoms with van der Waals surface area (Å²) in [6.07, 6.45) is 0. The van der Waals surface area contributed by atoms with Crippen molar-refractivity contribution >= 4 is 29.3 Å². The number of benzene rings is 1. The Hall–Kier alpha value is -0.710. The number of carbonyl (C=O) groups is 1. The standard InChI is InChI=1S/C11H13ClN2OS/c1-2-13-14-10(15)7-16-11(14)8-5-3-4-6-9(8)12/h3-6,11,13H,2,7H2,1H3. The molecule has 0 radical (unpaired) electrons. The highest BCUT2D eigenvalue weighted by molar-refractivity contribution is 8.00. The highest BCUT2D eigenvalue weighted by atomic mass is 35.5. The molecule has 1 fully saturated rings. The van der Waals surface area contributed by atoms with Crippen molar-refractivity contribution in [2.75, 3.05) is 12.3 Å². The summed E-state index contributed by atoms with van der Waals surface area (Å²) >= 11 is 7.73. The Labute approximate surface area is 104 Å². The third kappa shape index (κ3) is 2.19. The van der Waals surface area contributed by atoms with Gasteiger partial charge in [-0.15, -0.1) is 11.8 Å². The zero-order valence-corrected chi connectivity index (χ0v) is 10.5. The number of halogens is 1. The second-order valence-corrected chi connectivity index (χ2v) is 4.94. The molecule has 1 saturated heterocycles. The van der Waals surface area contributed by atoms with E-state index in [2.05, 4.69) is 5.43 Å². The first-order valence-corrected chi connectivity index (χ1v) is 6.58. The lowest BCUT2D eigenvalue weighted by Crippen LogP contribution is -2.40. The molecular formula is C11H13ClN2OS. The summed E-state index contributed by atoms with van der Waals surface area (Å²) in [5.41, 5.74) is 4.06. The topological polar surface area (TPSA) is 32.3 Å². The quantitative estimate of drug-likeness (QED) is 0.902. The van der Waals surface area contributed by atoms with Crippen molar-refractivity contribution in [2.24, 2.45) is 0 Å². The van der Waals surface area contributed by atoms with Gasteiger partial charge in [-0.3, -0.25) is 9.80 Å². The average Bonchev–Trinajstić information content (AvgIpc) is 2.62. The molecule has 3 nitrogen and oxygen atoms in total. The normalized spacial score (nSPS) is 20.5. The van der Waals surface area contributed by atoms with Crippen LogP contribution >= 0.6 is 23.4 Å². The van der Waals surface area contributed by atoms with Crippen molar-refractivity contribution in [3.63, 3.8) is 0 Å². The Morgan fingerprint density at radius 1 is 1.56 bits per heavy atom. The molecule has 2 rings (SSSR count). The van der Waals surface area contributed by atoms with Crippen molar-refractivity contribution in [1.29, 1.82) is 0 Å². The lowest BCUT2D eigenvalue weighted by molar-refractivity contribution is -0.131. The molecule has 1 aliphatic rings. The maximum Gasteiger partial charge on any atom is 0.248 e. The first-order valence-electron chi connectivity index (χ1n) is 5.15. The second-order valence-electron chi connectivity index (χ2n) is 3.46. The van der Waals surface area contributed by atoms with Gasteiger partial charge < -0.3 is 0 Å². The number of nitrogens with zero attached hydrogens (tertiary/aromatic N) is 1. The molecule has 1 aromatic carbocycles. The summed E-state index contributed by atoms with van der Waals surface area (Å²) in [5, 5.41) is 2.37. The van der Waals surface area contributed by atoms with Gasteiger partial charge in [0.2, 0.25) is 5.91 Å². The molecule has 1 N–H and O–H groups in total. The number of amides is 1. The van der Waals surface area contributed by atoms with Crippen LogP contribution in [0.1, 0.15) is 17.9 Å². The third-order valence-corrected chi connectivity index (χ3v) is 3.91. The Balaban J connectivity index is 2.27. The monoisotopic (exact) mass is 256 g/mol. The molecule has 0 bridgehead atoms. The van der Waals surface area contributed by atoms with Gasteiger partial charge in [0.05, 0.1) is 5.75 Å².